The highest BCUT2D eigenvalue weighted by Gasteiger charge is 2.26. The summed E-state index contributed by atoms with van der Waals surface area (Å²) in [5, 5.41) is 11.5. The van der Waals surface area contributed by atoms with Gasteiger partial charge in [-0.1, -0.05) is 12.1 Å². The number of methoxy groups -OCH3 is 1. The van der Waals surface area contributed by atoms with Gasteiger partial charge in [-0.2, -0.15) is 0 Å². The lowest BCUT2D eigenvalue weighted by atomic mass is 10.2. The van der Waals surface area contributed by atoms with Crippen LogP contribution < -0.4 is 20.5 Å². The zero-order chi connectivity index (χ0) is 19.1. The Morgan fingerprint density at radius 2 is 1.96 bits per heavy atom. The molecule has 0 aliphatic rings. The largest absolute Gasteiger partial charge is 0.496 e. The first-order chi connectivity index (χ1) is 12.5. The Bertz CT molecular complexity index is 794. The average Bonchev–Trinajstić information content (AvgIpc) is 2.66. The van der Waals surface area contributed by atoms with Gasteiger partial charge in [-0.25, -0.2) is 9.97 Å². The predicted octanol–water partition coefficient (Wildman–Crippen LogP) is 2.00. The molecule has 0 aliphatic heterocycles. The lowest BCUT2D eigenvalue weighted by molar-refractivity contribution is -0.383. The summed E-state index contributed by atoms with van der Waals surface area (Å²) in [7, 11) is 1.45. The number of benzene rings is 1. The number of hydrogen-bond acceptors (Lipinski definition) is 8. The van der Waals surface area contributed by atoms with Gasteiger partial charge in [-0.05, 0) is 26.0 Å². The van der Waals surface area contributed by atoms with Crippen molar-refractivity contribution in [1.29, 1.82) is 0 Å². The molecule has 2 rings (SSSR count). The van der Waals surface area contributed by atoms with Crippen molar-refractivity contribution in [3.8, 4) is 5.75 Å². The van der Waals surface area contributed by atoms with E-state index in [0.717, 1.165) is 0 Å². The number of anilines is 2. The van der Waals surface area contributed by atoms with Crippen LogP contribution in [0, 0.1) is 10.1 Å². The minimum Gasteiger partial charge on any atom is -0.496 e. The van der Waals surface area contributed by atoms with Crippen LogP contribution in [0.2, 0.25) is 0 Å². The van der Waals surface area contributed by atoms with E-state index < -0.39 is 10.8 Å². The second-order valence-corrected chi connectivity index (χ2v) is 5.10. The van der Waals surface area contributed by atoms with Gasteiger partial charge in [0.15, 0.2) is 0 Å². The third-order valence-electron chi connectivity index (χ3n) is 3.69. The molecule has 2 aromatic rings. The Hall–Kier alpha value is -3.43. The Labute approximate surface area is 150 Å². The Morgan fingerprint density at radius 3 is 2.58 bits per heavy atom. The van der Waals surface area contributed by atoms with Gasteiger partial charge < -0.3 is 9.64 Å². The van der Waals surface area contributed by atoms with Crippen LogP contribution in [0.15, 0.2) is 30.6 Å². The minimum atomic E-state index is -0.578. The fourth-order valence-electron chi connectivity index (χ4n) is 2.40. The van der Waals surface area contributed by atoms with Crippen LogP contribution in [0.1, 0.15) is 24.2 Å². The molecule has 1 aromatic heterocycles. The van der Waals surface area contributed by atoms with Gasteiger partial charge in [0, 0.05) is 13.1 Å². The average molecular weight is 360 g/mol. The molecule has 1 heterocycles. The van der Waals surface area contributed by atoms with Crippen LogP contribution in [0.4, 0.5) is 17.3 Å². The van der Waals surface area contributed by atoms with Crippen molar-refractivity contribution in [3.63, 3.8) is 0 Å². The minimum absolute atomic E-state index is 0.102. The van der Waals surface area contributed by atoms with E-state index in [1.807, 2.05) is 13.8 Å². The number of carbonyl (C=O) groups is 1. The highest BCUT2D eigenvalue weighted by atomic mass is 16.6. The fourth-order valence-corrected chi connectivity index (χ4v) is 2.40. The van der Waals surface area contributed by atoms with Gasteiger partial charge in [0.25, 0.3) is 5.91 Å². The molecule has 10 heteroatoms. The van der Waals surface area contributed by atoms with E-state index >= 15 is 0 Å². The zero-order valence-electron chi connectivity index (χ0n) is 14.7. The summed E-state index contributed by atoms with van der Waals surface area (Å²) >= 11 is 0. The van der Waals surface area contributed by atoms with E-state index in [9.17, 15) is 14.9 Å². The lowest BCUT2D eigenvalue weighted by Crippen LogP contribution is -2.31. The number of nitrogens with one attached hydrogen (secondary N) is 2. The van der Waals surface area contributed by atoms with Gasteiger partial charge in [0.2, 0.25) is 11.6 Å². The molecule has 1 amide bonds. The molecule has 0 spiro atoms. The number of carbonyl (C=O) groups excluding carboxylic acids is 1. The smallest absolute Gasteiger partial charge is 0.355 e. The maximum absolute atomic E-state index is 12.3. The number of amides is 1. The molecule has 0 fully saturated rings. The zero-order valence-corrected chi connectivity index (χ0v) is 14.7. The molecule has 1 aromatic carbocycles. The normalized spacial score (nSPS) is 10.1. The van der Waals surface area contributed by atoms with Gasteiger partial charge in [0.05, 0.1) is 17.6 Å². The topological polar surface area (TPSA) is 123 Å². The summed E-state index contributed by atoms with van der Waals surface area (Å²) in [6, 6.07) is 6.63. The Morgan fingerprint density at radius 1 is 1.27 bits per heavy atom. The SMILES string of the molecule is CCN(CC)c1ncnc(NNC(=O)c2ccccc2OC)c1[N+](=O)[O-]. The summed E-state index contributed by atoms with van der Waals surface area (Å²) in [5.74, 6) is -0.0493. The Kier molecular flexibility index (Phi) is 6.25. The number of ether oxygens (including phenoxy) is 1. The molecule has 10 nitrogen and oxygen atoms in total. The Balaban J connectivity index is 2.28. The number of nitro groups is 1. The van der Waals surface area contributed by atoms with Crippen molar-refractivity contribution in [3.05, 3.63) is 46.3 Å². The van der Waals surface area contributed by atoms with Crippen LogP contribution in [0.5, 0.6) is 5.75 Å². The number of para-hydroxylation sites is 1. The molecule has 0 bridgehead atoms. The number of rotatable bonds is 8. The van der Waals surface area contributed by atoms with E-state index in [0.29, 0.717) is 18.8 Å². The highest BCUT2D eigenvalue weighted by molar-refractivity contribution is 5.97. The van der Waals surface area contributed by atoms with Crippen LogP contribution >= 0.6 is 0 Å². The van der Waals surface area contributed by atoms with E-state index in [-0.39, 0.29) is 22.9 Å². The maximum Gasteiger partial charge on any atom is 0.355 e. The van der Waals surface area contributed by atoms with Crippen molar-refractivity contribution in [2.75, 3.05) is 30.5 Å². The first kappa shape index (κ1) is 18.9. The molecule has 0 saturated carbocycles. The molecule has 0 aliphatic carbocycles. The molecule has 0 saturated heterocycles. The third kappa shape index (κ3) is 3.97. The van der Waals surface area contributed by atoms with Crippen LogP contribution in [0.3, 0.4) is 0 Å². The number of aromatic nitrogens is 2. The molecule has 2 N–H and O–H groups in total. The van der Waals surface area contributed by atoms with Crippen LogP contribution in [-0.2, 0) is 0 Å². The van der Waals surface area contributed by atoms with Gasteiger partial charge in [-0.15, -0.1) is 0 Å². The number of hydrazine groups is 1. The summed E-state index contributed by atoms with van der Waals surface area (Å²) in [4.78, 5) is 32.9. The van der Waals surface area contributed by atoms with Crippen molar-refractivity contribution >= 4 is 23.2 Å². The molecule has 138 valence electrons. The van der Waals surface area contributed by atoms with E-state index in [4.69, 9.17) is 4.74 Å². The van der Waals surface area contributed by atoms with Crippen molar-refractivity contribution in [2.24, 2.45) is 0 Å². The lowest BCUT2D eigenvalue weighted by Gasteiger charge is -2.20. The second-order valence-electron chi connectivity index (χ2n) is 5.10. The molecular weight excluding hydrogens is 340 g/mol. The number of nitrogens with zero attached hydrogens (tertiary/aromatic N) is 4. The summed E-state index contributed by atoms with van der Waals surface area (Å²) in [5.41, 5.74) is 4.89. The van der Waals surface area contributed by atoms with Crippen molar-refractivity contribution in [1.82, 2.24) is 15.4 Å². The summed E-state index contributed by atoms with van der Waals surface area (Å²) in [6.07, 6.45) is 1.21. The van der Waals surface area contributed by atoms with Crippen molar-refractivity contribution < 1.29 is 14.5 Å². The summed E-state index contributed by atoms with van der Waals surface area (Å²) < 4.78 is 5.13. The molecule has 0 radical (unpaired) electrons. The van der Waals surface area contributed by atoms with Crippen LogP contribution in [0.25, 0.3) is 0 Å². The fraction of sp³-hybridized carbons (Fsp3) is 0.312. The van der Waals surface area contributed by atoms with Gasteiger partial charge >= 0.3 is 5.69 Å². The standard InChI is InChI=1S/C16H20N6O4/c1-4-21(5-2)15-13(22(24)25)14(17-10-18-15)19-20-16(23)11-8-6-7-9-12(11)26-3/h6-10H,4-5H2,1-3H3,(H,20,23)(H,17,18,19). The molecular formula is C16H20N6O4. The monoisotopic (exact) mass is 360 g/mol. The molecule has 0 atom stereocenters. The quantitative estimate of drug-likeness (QED) is 0.541. The highest BCUT2D eigenvalue weighted by Crippen LogP contribution is 2.31. The molecule has 0 unspecified atom stereocenters. The summed E-state index contributed by atoms with van der Waals surface area (Å²) in [6.45, 7) is 4.82. The van der Waals surface area contributed by atoms with E-state index in [2.05, 4.69) is 20.8 Å². The first-order valence-corrected chi connectivity index (χ1v) is 7.97. The number of hydrogen-bond donors (Lipinski definition) is 2. The van der Waals surface area contributed by atoms with Crippen LogP contribution in [-0.4, -0.2) is 41.0 Å². The second kappa shape index (κ2) is 8.60. The van der Waals surface area contributed by atoms with E-state index in [1.165, 1.54) is 13.4 Å². The predicted molar refractivity (Wildman–Crippen MR) is 96.3 cm³/mol. The maximum atomic E-state index is 12.3. The molecule has 26 heavy (non-hydrogen) atoms. The van der Waals surface area contributed by atoms with Crippen molar-refractivity contribution in [2.45, 2.75) is 13.8 Å². The van der Waals surface area contributed by atoms with Gasteiger partial charge in [0.1, 0.15) is 12.1 Å². The third-order valence-corrected chi connectivity index (χ3v) is 3.69. The van der Waals surface area contributed by atoms with E-state index in [1.54, 1.807) is 29.2 Å². The van der Waals surface area contributed by atoms with Gasteiger partial charge in [-0.3, -0.25) is 25.8 Å². The first-order valence-electron chi connectivity index (χ1n) is 7.97.